The van der Waals surface area contributed by atoms with E-state index in [1.165, 1.54) is 24.3 Å². The molecule has 0 aliphatic heterocycles. The lowest BCUT2D eigenvalue weighted by Gasteiger charge is -2.12. The van der Waals surface area contributed by atoms with Crippen LogP contribution >= 0.6 is 0 Å². The van der Waals surface area contributed by atoms with Crippen LogP contribution in [0.4, 0.5) is 18.9 Å². The number of aryl methyl sites for hydroxylation is 2. The van der Waals surface area contributed by atoms with Gasteiger partial charge in [-0.05, 0) is 49.2 Å². The molecule has 0 aliphatic carbocycles. The largest absolute Gasteiger partial charge is 0.573 e. The predicted molar refractivity (Wildman–Crippen MR) is 103 cm³/mol. The molecule has 1 aromatic heterocycles. The molecular weight excluding hydrogens is 369 g/mol. The number of hydrogen-bond acceptors (Lipinski definition) is 2. The molecule has 1 amide bonds. The van der Waals surface area contributed by atoms with Crippen molar-refractivity contribution in [2.45, 2.75) is 39.6 Å². The fourth-order valence-corrected chi connectivity index (χ4v) is 3.25. The first-order valence-electron chi connectivity index (χ1n) is 9.05. The fourth-order valence-electron chi connectivity index (χ4n) is 3.25. The zero-order chi connectivity index (χ0) is 20.3. The summed E-state index contributed by atoms with van der Waals surface area (Å²) in [6.07, 6.45) is -2.82. The van der Waals surface area contributed by atoms with Crippen LogP contribution < -0.4 is 10.1 Å². The number of ether oxygens (including phenoxy) is 1. The number of benzene rings is 2. The van der Waals surface area contributed by atoms with Gasteiger partial charge in [-0.1, -0.05) is 31.5 Å². The van der Waals surface area contributed by atoms with E-state index in [1.54, 1.807) is 0 Å². The smallest absolute Gasteiger partial charge is 0.406 e. The second kappa shape index (κ2) is 7.96. The highest BCUT2D eigenvalue weighted by Crippen LogP contribution is 2.28. The normalized spacial score (nSPS) is 11.6. The van der Waals surface area contributed by atoms with Crippen LogP contribution in [0.1, 0.15) is 35.8 Å². The number of para-hydroxylation sites is 1. The topological polar surface area (TPSA) is 43.3 Å². The lowest BCUT2D eigenvalue weighted by Crippen LogP contribution is -2.19. The van der Waals surface area contributed by atoms with Gasteiger partial charge in [-0.2, -0.15) is 0 Å². The zero-order valence-corrected chi connectivity index (χ0v) is 15.6. The number of fused-ring (bicyclic) bond motifs is 1. The van der Waals surface area contributed by atoms with Gasteiger partial charge in [0.25, 0.3) is 5.91 Å². The molecule has 28 heavy (non-hydrogen) atoms. The van der Waals surface area contributed by atoms with Crippen LogP contribution in [0, 0.1) is 6.92 Å². The summed E-state index contributed by atoms with van der Waals surface area (Å²) >= 11 is 0. The molecule has 2 aromatic carbocycles. The van der Waals surface area contributed by atoms with Crippen molar-refractivity contribution in [1.82, 2.24) is 4.57 Å². The quantitative estimate of drug-likeness (QED) is 0.569. The molecule has 3 aromatic rings. The number of aromatic nitrogens is 1. The Morgan fingerprint density at radius 3 is 2.43 bits per heavy atom. The number of rotatable bonds is 6. The molecule has 1 heterocycles. The van der Waals surface area contributed by atoms with Crippen LogP contribution in [-0.2, 0) is 6.54 Å². The van der Waals surface area contributed by atoms with Crippen LogP contribution in [-0.4, -0.2) is 16.8 Å². The maximum atomic E-state index is 13.0. The van der Waals surface area contributed by atoms with Crippen molar-refractivity contribution in [3.63, 3.8) is 0 Å². The third kappa shape index (κ3) is 4.30. The van der Waals surface area contributed by atoms with Crippen molar-refractivity contribution in [3.05, 3.63) is 59.8 Å². The van der Waals surface area contributed by atoms with Gasteiger partial charge >= 0.3 is 6.36 Å². The summed E-state index contributed by atoms with van der Waals surface area (Å²) in [7, 11) is 0. The first-order chi connectivity index (χ1) is 13.3. The van der Waals surface area contributed by atoms with Gasteiger partial charge in [-0.3, -0.25) is 4.79 Å². The van der Waals surface area contributed by atoms with Crippen LogP contribution in [0.2, 0.25) is 0 Å². The van der Waals surface area contributed by atoms with Gasteiger partial charge in [0.1, 0.15) is 11.4 Å². The highest BCUT2D eigenvalue weighted by Gasteiger charge is 2.31. The van der Waals surface area contributed by atoms with Gasteiger partial charge in [0, 0.05) is 23.1 Å². The van der Waals surface area contributed by atoms with E-state index in [9.17, 15) is 18.0 Å². The Labute approximate surface area is 160 Å². The van der Waals surface area contributed by atoms with Gasteiger partial charge in [0.2, 0.25) is 0 Å². The molecule has 0 bridgehead atoms. The highest BCUT2D eigenvalue weighted by molar-refractivity contribution is 6.08. The Morgan fingerprint density at radius 2 is 1.79 bits per heavy atom. The summed E-state index contributed by atoms with van der Waals surface area (Å²) in [5, 5.41) is 3.78. The maximum absolute atomic E-state index is 13.0. The van der Waals surface area contributed by atoms with Crippen molar-refractivity contribution in [3.8, 4) is 5.75 Å². The van der Waals surface area contributed by atoms with Gasteiger partial charge in [-0.15, -0.1) is 13.2 Å². The summed E-state index contributed by atoms with van der Waals surface area (Å²) in [5.74, 6) is -0.631. The first kappa shape index (κ1) is 19.8. The molecule has 0 atom stereocenters. The summed E-state index contributed by atoms with van der Waals surface area (Å²) in [6.45, 7) is 4.70. The molecule has 7 heteroatoms. The predicted octanol–water partition coefficient (Wildman–Crippen LogP) is 5.90. The van der Waals surface area contributed by atoms with Crippen molar-refractivity contribution < 1.29 is 22.7 Å². The minimum absolute atomic E-state index is 0.297. The molecule has 0 unspecified atom stereocenters. The lowest BCUT2D eigenvalue weighted by atomic mass is 10.1. The summed E-state index contributed by atoms with van der Waals surface area (Å²) < 4.78 is 42.7. The molecule has 4 nitrogen and oxygen atoms in total. The average Bonchev–Trinajstić information content (AvgIpc) is 2.93. The number of carbonyl (C=O) groups is 1. The Bertz CT molecular complexity index is 976. The Morgan fingerprint density at radius 1 is 1.11 bits per heavy atom. The fraction of sp³-hybridized carbons (Fsp3) is 0.286. The van der Waals surface area contributed by atoms with E-state index in [4.69, 9.17) is 0 Å². The molecule has 0 fully saturated rings. The van der Waals surface area contributed by atoms with Gasteiger partial charge in [0.05, 0.1) is 0 Å². The molecule has 0 saturated heterocycles. The number of anilines is 1. The molecule has 0 spiro atoms. The second-order valence-corrected chi connectivity index (χ2v) is 6.52. The minimum atomic E-state index is -4.75. The van der Waals surface area contributed by atoms with Crippen molar-refractivity contribution in [2.24, 2.45) is 0 Å². The van der Waals surface area contributed by atoms with E-state index < -0.39 is 6.36 Å². The Balaban J connectivity index is 1.88. The summed E-state index contributed by atoms with van der Waals surface area (Å²) in [5.41, 5.74) is 2.82. The van der Waals surface area contributed by atoms with E-state index in [0.717, 1.165) is 29.3 Å². The van der Waals surface area contributed by atoms with E-state index in [0.29, 0.717) is 17.9 Å². The van der Waals surface area contributed by atoms with E-state index in [-0.39, 0.29) is 11.7 Å². The van der Waals surface area contributed by atoms with Crippen LogP contribution in [0.15, 0.2) is 48.5 Å². The number of alkyl halides is 3. The van der Waals surface area contributed by atoms with Crippen LogP contribution in [0.25, 0.3) is 10.9 Å². The van der Waals surface area contributed by atoms with E-state index in [2.05, 4.69) is 17.0 Å². The standard InChI is InChI=1S/C21H21F3N2O2/c1-3-4-13-26-18-8-6-5-7-17(18)14(2)19(26)20(27)25-15-9-11-16(12-10-15)28-21(22,23)24/h5-12H,3-4,13H2,1-2H3,(H,25,27). The highest BCUT2D eigenvalue weighted by atomic mass is 19.4. The van der Waals surface area contributed by atoms with Gasteiger partial charge in [0.15, 0.2) is 0 Å². The number of nitrogens with zero attached hydrogens (tertiary/aromatic N) is 1. The Kier molecular flexibility index (Phi) is 5.63. The number of unbranched alkanes of at least 4 members (excludes halogenated alkanes) is 1. The first-order valence-corrected chi connectivity index (χ1v) is 9.05. The second-order valence-electron chi connectivity index (χ2n) is 6.52. The van der Waals surface area contributed by atoms with Crippen molar-refractivity contribution in [1.29, 1.82) is 0 Å². The molecule has 3 rings (SSSR count). The van der Waals surface area contributed by atoms with Crippen molar-refractivity contribution in [2.75, 3.05) is 5.32 Å². The number of carbonyl (C=O) groups excluding carboxylic acids is 1. The number of amides is 1. The maximum Gasteiger partial charge on any atom is 0.573 e. The molecule has 148 valence electrons. The van der Waals surface area contributed by atoms with Crippen molar-refractivity contribution >= 4 is 22.5 Å². The number of hydrogen-bond donors (Lipinski definition) is 1. The Hall–Kier alpha value is -2.96. The van der Waals surface area contributed by atoms with Crippen LogP contribution in [0.3, 0.4) is 0 Å². The molecule has 1 N–H and O–H groups in total. The van der Waals surface area contributed by atoms with E-state index >= 15 is 0 Å². The average molecular weight is 390 g/mol. The third-order valence-electron chi connectivity index (χ3n) is 4.52. The summed E-state index contributed by atoms with van der Waals surface area (Å²) in [6, 6.07) is 12.9. The van der Waals surface area contributed by atoms with Gasteiger partial charge < -0.3 is 14.6 Å². The zero-order valence-electron chi connectivity index (χ0n) is 15.6. The van der Waals surface area contributed by atoms with Crippen LogP contribution in [0.5, 0.6) is 5.75 Å². The summed E-state index contributed by atoms with van der Waals surface area (Å²) in [4.78, 5) is 13.0. The number of nitrogens with one attached hydrogen (secondary N) is 1. The third-order valence-corrected chi connectivity index (χ3v) is 4.52. The SMILES string of the molecule is CCCCn1c(C(=O)Nc2ccc(OC(F)(F)F)cc2)c(C)c2ccccc21. The molecular formula is C21H21F3N2O2. The molecule has 0 radical (unpaired) electrons. The number of halogens is 3. The lowest BCUT2D eigenvalue weighted by molar-refractivity contribution is -0.274. The molecule has 0 saturated carbocycles. The van der Waals surface area contributed by atoms with E-state index in [1.807, 2.05) is 35.8 Å². The minimum Gasteiger partial charge on any atom is -0.406 e. The van der Waals surface area contributed by atoms with Gasteiger partial charge in [-0.25, -0.2) is 0 Å². The monoisotopic (exact) mass is 390 g/mol. The molecule has 0 aliphatic rings.